The standard InChI is InChI=1S/C50H57N3O7S/c1-3-40(35-17-12-11-13-18-35)46(36-22-26-38(54)27-23-36)37-24-28-39(29-25-37)60-33-32-52(2)45(56)21-14-9-7-5-4-6-8-10-15-34-61-43-20-16-19-41-47(43)50(59)53(49(41)58)42-30-31-44(55)51-48(42)57/h11-13,16-20,22-29,42,54H,3-10,14-15,21,30-34H2,1-2H3,(H,51,55,57)/b46-40-. The second-order valence-corrected chi connectivity index (χ2v) is 16.9. The molecule has 2 aliphatic heterocycles. The average Bonchev–Trinajstić information content (AvgIpc) is 3.52. The fourth-order valence-electron chi connectivity index (χ4n) is 8.04. The molecule has 61 heavy (non-hydrogen) atoms. The van der Waals surface area contributed by atoms with Crippen LogP contribution in [-0.2, 0) is 14.4 Å². The number of carbonyl (C=O) groups excluding carboxylic acids is 5. The summed E-state index contributed by atoms with van der Waals surface area (Å²) < 4.78 is 6.05. The van der Waals surface area contributed by atoms with Gasteiger partial charge in [-0.05, 0) is 95.7 Å². The van der Waals surface area contributed by atoms with Gasteiger partial charge in [0, 0.05) is 24.8 Å². The predicted molar refractivity (Wildman–Crippen MR) is 240 cm³/mol. The van der Waals surface area contributed by atoms with Crippen molar-refractivity contribution in [1.82, 2.24) is 15.1 Å². The molecule has 0 radical (unpaired) electrons. The smallest absolute Gasteiger partial charge is 0.263 e. The molecule has 1 saturated heterocycles. The van der Waals surface area contributed by atoms with Crippen LogP contribution in [0.15, 0.2) is 102 Å². The quantitative estimate of drug-likeness (QED) is 0.0346. The van der Waals surface area contributed by atoms with E-state index in [1.54, 1.807) is 40.9 Å². The zero-order valence-electron chi connectivity index (χ0n) is 35.3. The van der Waals surface area contributed by atoms with Crippen LogP contribution in [-0.4, -0.2) is 76.4 Å². The van der Waals surface area contributed by atoms with Crippen LogP contribution >= 0.6 is 11.8 Å². The van der Waals surface area contributed by atoms with E-state index in [1.165, 1.54) is 12.0 Å². The van der Waals surface area contributed by atoms with Crippen LogP contribution in [0.5, 0.6) is 11.5 Å². The Morgan fingerprint density at radius 3 is 2.07 bits per heavy atom. The first-order chi connectivity index (χ1) is 29.7. The van der Waals surface area contributed by atoms with Gasteiger partial charge in [-0.25, -0.2) is 0 Å². The van der Waals surface area contributed by atoms with Crippen molar-refractivity contribution in [1.29, 1.82) is 0 Å². The zero-order valence-corrected chi connectivity index (χ0v) is 36.1. The van der Waals surface area contributed by atoms with E-state index in [-0.39, 0.29) is 30.4 Å². The highest BCUT2D eigenvalue weighted by Gasteiger charge is 2.45. The molecule has 0 bridgehead atoms. The normalized spacial score (nSPS) is 15.4. The third kappa shape index (κ3) is 11.8. The van der Waals surface area contributed by atoms with Crippen molar-refractivity contribution in [3.8, 4) is 11.5 Å². The number of nitrogens with one attached hydrogen (secondary N) is 1. The van der Waals surface area contributed by atoms with Crippen molar-refractivity contribution >= 4 is 52.4 Å². The number of amides is 5. The number of rotatable bonds is 22. The summed E-state index contributed by atoms with van der Waals surface area (Å²) in [5.74, 6) is 0.0259. The molecular weight excluding hydrogens is 787 g/mol. The molecule has 2 N–H and O–H groups in total. The number of fused-ring (bicyclic) bond motifs is 1. The van der Waals surface area contributed by atoms with Gasteiger partial charge in [-0.3, -0.25) is 34.2 Å². The van der Waals surface area contributed by atoms with E-state index in [4.69, 9.17) is 4.74 Å². The van der Waals surface area contributed by atoms with E-state index in [0.717, 1.165) is 101 Å². The van der Waals surface area contributed by atoms with E-state index >= 15 is 0 Å². The maximum absolute atomic E-state index is 13.3. The first-order valence-corrected chi connectivity index (χ1v) is 22.7. The fourth-order valence-corrected chi connectivity index (χ4v) is 9.13. The number of unbranched alkanes of at least 4 members (excludes halogenated alkanes) is 8. The number of ether oxygens (including phenoxy) is 1. The van der Waals surface area contributed by atoms with Gasteiger partial charge < -0.3 is 14.7 Å². The SMILES string of the molecule is CC/C(=C(\c1ccc(O)cc1)c1ccc(OCCN(C)C(=O)CCCCCCCCCCCSc2cccc3c2C(=O)N(C2CCC(=O)NC2=O)C3=O)cc1)c1ccccc1. The van der Waals surface area contributed by atoms with Crippen LogP contribution in [0, 0.1) is 0 Å². The van der Waals surface area contributed by atoms with Gasteiger partial charge in [-0.15, -0.1) is 11.8 Å². The second kappa shape index (κ2) is 22.2. The number of likely N-dealkylation sites (N-methyl/N-ethyl adjacent to an activating group) is 1. The maximum atomic E-state index is 13.3. The monoisotopic (exact) mass is 843 g/mol. The number of carbonyl (C=O) groups is 5. The molecule has 2 heterocycles. The van der Waals surface area contributed by atoms with Gasteiger partial charge in [-0.2, -0.15) is 0 Å². The minimum atomic E-state index is -0.960. The number of phenolic OH excluding ortho intramolecular Hbond substituents is 1. The largest absolute Gasteiger partial charge is 0.508 e. The number of aromatic hydroxyl groups is 1. The molecule has 320 valence electrons. The predicted octanol–water partition coefficient (Wildman–Crippen LogP) is 9.69. The fraction of sp³-hybridized carbons (Fsp3) is 0.380. The molecule has 1 fully saturated rings. The number of benzene rings is 4. The van der Waals surface area contributed by atoms with Crippen molar-refractivity contribution in [2.75, 3.05) is 26.0 Å². The average molecular weight is 844 g/mol. The summed E-state index contributed by atoms with van der Waals surface area (Å²) in [5, 5.41) is 12.2. The number of piperidine rings is 1. The Balaban J connectivity index is 0.826. The Hall–Kier alpha value is -5.68. The lowest BCUT2D eigenvalue weighted by Gasteiger charge is -2.27. The number of allylic oxidation sites excluding steroid dienone is 1. The molecule has 0 aromatic heterocycles. The topological polar surface area (TPSA) is 133 Å². The van der Waals surface area contributed by atoms with E-state index < -0.39 is 23.8 Å². The Kier molecular flexibility index (Phi) is 16.4. The summed E-state index contributed by atoms with van der Waals surface area (Å²) in [7, 11) is 1.84. The van der Waals surface area contributed by atoms with Gasteiger partial charge >= 0.3 is 0 Å². The number of nitrogens with zero attached hydrogens (tertiary/aromatic N) is 2. The number of phenols is 1. The van der Waals surface area contributed by atoms with Gasteiger partial charge in [-0.1, -0.05) is 113 Å². The van der Waals surface area contributed by atoms with E-state index in [1.807, 2.05) is 55.6 Å². The Labute approximate surface area is 363 Å². The molecule has 0 spiro atoms. The van der Waals surface area contributed by atoms with Crippen molar-refractivity contribution in [3.05, 3.63) is 125 Å². The molecule has 11 heteroatoms. The lowest BCUT2D eigenvalue weighted by atomic mass is 9.88. The van der Waals surface area contributed by atoms with Crippen molar-refractivity contribution < 1.29 is 33.8 Å². The van der Waals surface area contributed by atoms with Gasteiger partial charge in [0.1, 0.15) is 24.1 Å². The van der Waals surface area contributed by atoms with Gasteiger partial charge in [0.15, 0.2) is 0 Å². The molecule has 6 rings (SSSR count). The van der Waals surface area contributed by atoms with Gasteiger partial charge in [0.2, 0.25) is 17.7 Å². The van der Waals surface area contributed by atoms with Gasteiger partial charge in [0.25, 0.3) is 11.8 Å². The number of thioether (sulfide) groups is 1. The number of imide groups is 2. The Bertz CT molecular complexity index is 2190. The first-order valence-electron chi connectivity index (χ1n) is 21.7. The van der Waals surface area contributed by atoms with E-state index in [9.17, 15) is 29.1 Å². The minimum absolute atomic E-state index is 0.0989. The number of hydrogen-bond donors (Lipinski definition) is 2. The summed E-state index contributed by atoms with van der Waals surface area (Å²) in [5.41, 5.74) is 6.28. The molecule has 1 atom stereocenters. The molecule has 1 unspecified atom stereocenters. The van der Waals surface area contributed by atoms with E-state index in [2.05, 4.69) is 36.5 Å². The summed E-state index contributed by atoms with van der Waals surface area (Å²) >= 11 is 1.57. The Morgan fingerprint density at radius 1 is 0.770 bits per heavy atom. The number of hydrogen-bond acceptors (Lipinski definition) is 8. The molecule has 4 aromatic rings. The van der Waals surface area contributed by atoms with Crippen molar-refractivity contribution in [2.45, 2.75) is 101 Å². The first kappa shape index (κ1) is 44.9. The molecule has 10 nitrogen and oxygen atoms in total. The summed E-state index contributed by atoms with van der Waals surface area (Å²) in [6, 6.07) is 30.1. The Morgan fingerprint density at radius 2 is 1.41 bits per heavy atom. The highest BCUT2D eigenvalue weighted by molar-refractivity contribution is 7.99. The minimum Gasteiger partial charge on any atom is -0.508 e. The molecule has 5 amide bonds. The molecule has 0 saturated carbocycles. The maximum Gasteiger partial charge on any atom is 0.263 e. The van der Waals surface area contributed by atoms with E-state index in [0.29, 0.717) is 30.7 Å². The molecular formula is C50H57N3O7S. The summed E-state index contributed by atoms with van der Waals surface area (Å²) in [6.07, 6.45) is 11.3. The lowest BCUT2D eigenvalue weighted by Crippen LogP contribution is -2.54. The van der Waals surface area contributed by atoms with Crippen molar-refractivity contribution in [2.24, 2.45) is 0 Å². The van der Waals surface area contributed by atoms with Crippen LogP contribution in [0.2, 0.25) is 0 Å². The lowest BCUT2D eigenvalue weighted by molar-refractivity contribution is -0.136. The van der Waals surface area contributed by atoms with Crippen LogP contribution in [0.3, 0.4) is 0 Å². The molecule has 2 aliphatic rings. The molecule has 0 aliphatic carbocycles. The summed E-state index contributed by atoms with van der Waals surface area (Å²) in [4.78, 5) is 66.7. The summed E-state index contributed by atoms with van der Waals surface area (Å²) in [6.45, 7) is 3.08. The van der Waals surface area contributed by atoms with Crippen LogP contribution < -0.4 is 10.1 Å². The zero-order chi connectivity index (χ0) is 43.1. The molecule has 4 aromatic carbocycles. The highest BCUT2D eigenvalue weighted by Crippen LogP contribution is 2.37. The highest BCUT2D eigenvalue weighted by atomic mass is 32.2. The van der Waals surface area contributed by atoms with Crippen LogP contribution in [0.4, 0.5) is 0 Å². The van der Waals surface area contributed by atoms with Gasteiger partial charge in [0.05, 0.1) is 17.7 Å². The third-order valence-corrected chi connectivity index (χ3v) is 12.6. The van der Waals surface area contributed by atoms with Crippen LogP contribution in [0.1, 0.15) is 128 Å². The van der Waals surface area contributed by atoms with Crippen LogP contribution in [0.25, 0.3) is 11.1 Å². The second-order valence-electron chi connectivity index (χ2n) is 15.7. The third-order valence-electron chi connectivity index (χ3n) is 11.4. The van der Waals surface area contributed by atoms with Crippen molar-refractivity contribution in [3.63, 3.8) is 0 Å².